The lowest BCUT2D eigenvalue weighted by Gasteiger charge is -2.13. The van der Waals surface area contributed by atoms with E-state index in [4.69, 9.17) is 4.42 Å². The van der Waals surface area contributed by atoms with Gasteiger partial charge in [-0.15, -0.1) is 11.3 Å². The molecule has 3 rings (SSSR count). The van der Waals surface area contributed by atoms with Crippen LogP contribution in [0.3, 0.4) is 0 Å². The molecule has 5 nitrogen and oxygen atoms in total. The molecule has 26 heavy (non-hydrogen) atoms. The zero-order valence-electron chi connectivity index (χ0n) is 13.6. The van der Waals surface area contributed by atoms with Crippen molar-refractivity contribution >= 4 is 17.2 Å². The van der Waals surface area contributed by atoms with Crippen molar-refractivity contribution in [1.82, 2.24) is 15.3 Å². The van der Waals surface area contributed by atoms with Crippen LogP contribution in [0.1, 0.15) is 40.6 Å². The summed E-state index contributed by atoms with van der Waals surface area (Å²) in [5.41, 5.74) is -0.193. The molecule has 136 valence electrons. The Labute approximate surface area is 150 Å². The molecular weight excluding hydrogens is 367 g/mol. The van der Waals surface area contributed by atoms with Gasteiger partial charge in [-0.1, -0.05) is 25.1 Å². The average Bonchev–Trinajstić information content (AvgIpc) is 3.29. The predicted octanol–water partition coefficient (Wildman–Crippen LogP) is 4.70. The number of hydrogen-bond acceptors (Lipinski definition) is 5. The first kappa shape index (κ1) is 18.1. The van der Waals surface area contributed by atoms with Crippen molar-refractivity contribution in [2.24, 2.45) is 0 Å². The molecule has 0 saturated carbocycles. The smallest absolute Gasteiger partial charge is 0.434 e. The number of halogens is 3. The number of thiazole rings is 1. The van der Waals surface area contributed by atoms with Gasteiger partial charge in [-0.25, -0.2) is 9.97 Å². The van der Waals surface area contributed by atoms with E-state index in [9.17, 15) is 18.0 Å². The Morgan fingerprint density at radius 3 is 2.62 bits per heavy atom. The number of carbonyl (C=O) groups is 1. The Hall–Kier alpha value is -2.68. The summed E-state index contributed by atoms with van der Waals surface area (Å²) >= 11 is 0.859. The Morgan fingerprint density at radius 1 is 1.27 bits per heavy atom. The molecule has 9 heteroatoms. The van der Waals surface area contributed by atoms with Crippen LogP contribution in [0.4, 0.5) is 13.2 Å². The number of carbonyl (C=O) groups excluding carboxylic acids is 1. The number of benzene rings is 1. The molecule has 0 radical (unpaired) electrons. The van der Waals surface area contributed by atoms with Gasteiger partial charge in [0.25, 0.3) is 5.91 Å². The van der Waals surface area contributed by atoms with Crippen molar-refractivity contribution < 1.29 is 22.4 Å². The van der Waals surface area contributed by atoms with Crippen LogP contribution in [0.25, 0.3) is 11.5 Å². The van der Waals surface area contributed by atoms with E-state index in [2.05, 4.69) is 15.3 Å². The fourth-order valence-electron chi connectivity index (χ4n) is 2.24. The van der Waals surface area contributed by atoms with Crippen molar-refractivity contribution in [3.8, 4) is 11.5 Å². The number of hydrogen-bond donors (Lipinski definition) is 1. The molecule has 0 saturated heterocycles. The van der Waals surface area contributed by atoms with Crippen LogP contribution in [0.5, 0.6) is 0 Å². The third kappa shape index (κ3) is 3.93. The van der Waals surface area contributed by atoms with E-state index < -0.39 is 23.8 Å². The van der Waals surface area contributed by atoms with E-state index in [1.165, 1.54) is 6.26 Å². The highest BCUT2D eigenvalue weighted by Gasteiger charge is 2.34. The Morgan fingerprint density at radius 2 is 2.00 bits per heavy atom. The minimum absolute atomic E-state index is 0.0508. The van der Waals surface area contributed by atoms with Gasteiger partial charge in [0.05, 0.1) is 6.04 Å². The first-order valence-corrected chi connectivity index (χ1v) is 8.61. The molecule has 2 aromatic heterocycles. The topological polar surface area (TPSA) is 68.0 Å². The molecule has 1 atom stereocenters. The number of oxazole rings is 1. The number of amides is 1. The number of nitrogens with one attached hydrogen (secondary N) is 1. The Bertz CT molecular complexity index is 890. The summed E-state index contributed by atoms with van der Waals surface area (Å²) in [6, 6.07) is 8.41. The second kappa shape index (κ2) is 7.28. The summed E-state index contributed by atoms with van der Waals surface area (Å²) in [6.45, 7) is 1.75. The zero-order chi connectivity index (χ0) is 18.7. The largest absolute Gasteiger partial charge is 0.444 e. The monoisotopic (exact) mass is 381 g/mol. The van der Waals surface area contributed by atoms with Crippen molar-refractivity contribution in [3.63, 3.8) is 0 Å². The summed E-state index contributed by atoms with van der Waals surface area (Å²) in [5.74, 6) is -0.246. The number of aromatic nitrogens is 2. The maximum atomic E-state index is 12.7. The van der Waals surface area contributed by atoms with Crippen molar-refractivity contribution in [2.45, 2.75) is 25.6 Å². The second-order valence-electron chi connectivity index (χ2n) is 5.41. The Balaban J connectivity index is 1.74. The van der Waals surface area contributed by atoms with Crippen LogP contribution in [0, 0.1) is 0 Å². The minimum Gasteiger partial charge on any atom is -0.444 e. The Kier molecular flexibility index (Phi) is 5.08. The third-order valence-electron chi connectivity index (χ3n) is 3.58. The highest BCUT2D eigenvalue weighted by molar-refractivity contribution is 7.09. The van der Waals surface area contributed by atoms with Gasteiger partial charge >= 0.3 is 6.18 Å². The highest BCUT2D eigenvalue weighted by Crippen LogP contribution is 2.32. The van der Waals surface area contributed by atoms with Crippen LogP contribution < -0.4 is 5.32 Å². The average molecular weight is 381 g/mol. The number of nitrogens with zero attached hydrogens (tertiary/aromatic N) is 2. The lowest BCUT2D eigenvalue weighted by atomic mass is 10.2. The molecule has 1 aromatic carbocycles. The van der Waals surface area contributed by atoms with Crippen LogP contribution in [0.15, 0.2) is 46.4 Å². The van der Waals surface area contributed by atoms with E-state index in [0.717, 1.165) is 16.7 Å². The van der Waals surface area contributed by atoms with E-state index in [1.54, 1.807) is 19.1 Å². The van der Waals surface area contributed by atoms with Gasteiger partial charge in [0.1, 0.15) is 11.3 Å². The van der Waals surface area contributed by atoms with Crippen LogP contribution >= 0.6 is 11.3 Å². The normalized spacial score (nSPS) is 12.8. The molecule has 0 fully saturated rings. The van der Waals surface area contributed by atoms with E-state index >= 15 is 0 Å². The van der Waals surface area contributed by atoms with Gasteiger partial charge in [0.2, 0.25) is 5.89 Å². The van der Waals surface area contributed by atoms with Gasteiger partial charge in [0, 0.05) is 10.9 Å². The molecule has 0 aliphatic rings. The fraction of sp³-hybridized carbons (Fsp3) is 0.235. The summed E-state index contributed by atoms with van der Waals surface area (Å²) in [6.07, 6.45) is -2.90. The van der Waals surface area contributed by atoms with Gasteiger partial charge in [-0.05, 0) is 18.6 Å². The van der Waals surface area contributed by atoms with Gasteiger partial charge in [-0.2, -0.15) is 13.2 Å². The minimum atomic E-state index is -4.51. The first-order valence-electron chi connectivity index (χ1n) is 7.73. The molecular formula is C17H14F3N3O2S. The molecule has 1 N–H and O–H groups in total. The van der Waals surface area contributed by atoms with E-state index in [0.29, 0.717) is 12.0 Å². The molecule has 2 heterocycles. The molecule has 0 bridgehead atoms. The summed E-state index contributed by atoms with van der Waals surface area (Å²) < 4.78 is 43.4. The van der Waals surface area contributed by atoms with Crippen LogP contribution in [-0.4, -0.2) is 15.9 Å². The van der Waals surface area contributed by atoms with Crippen LogP contribution in [-0.2, 0) is 6.18 Å². The predicted molar refractivity (Wildman–Crippen MR) is 89.6 cm³/mol. The summed E-state index contributed by atoms with van der Waals surface area (Å²) in [5, 5.41) is 3.78. The summed E-state index contributed by atoms with van der Waals surface area (Å²) in [4.78, 5) is 20.1. The third-order valence-corrected chi connectivity index (χ3v) is 4.54. The SMILES string of the molecule is CCC(NC(=O)c1coc(-c2ccccc2)n1)c1nc(C(F)(F)F)cs1. The fourth-order valence-corrected chi connectivity index (χ4v) is 3.20. The molecule has 1 amide bonds. The van der Waals surface area contributed by atoms with Crippen molar-refractivity contribution in [3.05, 3.63) is 58.4 Å². The highest BCUT2D eigenvalue weighted by atomic mass is 32.1. The number of alkyl halides is 3. The molecule has 1 unspecified atom stereocenters. The van der Waals surface area contributed by atoms with E-state index in [-0.39, 0.29) is 16.6 Å². The zero-order valence-corrected chi connectivity index (χ0v) is 14.4. The first-order chi connectivity index (χ1) is 12.4. The number of rotatable bonds is 5. The van der Waals surface area contributed by atoms with Crippen LogP contribution in [0.2, 0.25) is 0 Å². The molecule has 0 aliphatic heterocycles. The van der Waals surface area contributed by atoms with Gasteiger partial charge < -0.3 is 9.73 Å². The molecule has 0 aliphatic carbocycles. The lowest BCUT2D eigenvalue weighted by molar-refractivity contribution is -0.140. The van der Waals surface area contributed by atoms with Gasteiger partial charge in [-0.3, -0.25) is 4.79 Å². The maximum absolute atomic E-state index is 12.7. The van der Waals surface area contributed by atoms with Crippen molar-refractivity contribution in [2.75, 3.05) is 0 Å². The standard InChI is InChI=1S/C17H14F3N3O2S/c1-2-11(16-23-13(9-26-16)17(18,19)20)21-14(24)12-8-25-15(22-12)10-6-4-3-5-7-10/h3-9,11H,2H2,1H3,(H,21,24). The quantitative estimate of drug-likeness (QED) is 0.696. The molecule has 3 aromatic rings. The second-order valence-corrected chi connectivity index (χ2v) is 6.30. The summed E-state index contributed by atoms with van der Waals surface area (Å²) in [7, 11) is 0. The van der Waals surface area contributed by atoms with Gasteiger partial charge in [0.15, 0.2) is 11.4 Å². The lowest BCUT2D eigenvalue weighted by Crippen LogP contribution is -2.28. The molecule has 0 spiro atoms. The van der Waals surface area contributed by atoms with E-state index in [1.807, 2.05) is 18.2 Å². The van der Waals surface area contributed by atoms with Crippen molar-refractivity contribution in [1.29, 1.82) is 0 Å². The maximum Gasteiger partial charge on any atom is 0.434 e.